The van der Waals surface area contributed by atoms with E-state index in [0.717, 1.165) is 20.9 Å². The lowest BCUT2D eigenvalue weighted by Gasteiger charge is -2.26. The molecule has 8 rings (SSSR count). The van der Waals surface area contributed by atoms with Crippen LogP contribution in [-0.4, -0.2) is 23.6 Å². The molecule has 2 aliphatic heterocycles. The van der Waals surface area contributed by atoms with Gasteiger partial charge in [0.05, 0.1) is 43.7 Å². The highest BCUT2D eigenvalue weighted by atomic mass is 35.5. The number of hydrogen-bond acceptors (Lipinski definition) is 6. The quantitative estimate of drug-likeness (QED) is 0.142. The Hall–Kier alpha value is -5.64. The zero-order valence-electron chi connectivity index (χ0n) is 28.9. The van der Waals surface area contributed by atoms with Gasteiger partial charge in [-0.2, -0.15) is 0 Å². The van der Waals surface area contributed by atoms with Crippen molar-refractivity contribution in [3.05, 3.63) is 175 Å². The second kappa shape index (κ2) is 13.9. The van der Waals surface area contributed by atoms with Gasteiger partial charge in [0.25, 0.3) is 23.6 Å². The molecule has 0 spiro atoms. The molecular formula is C43H26Cl4N2O6. The van der Waals surface area contributed by atoms with Gasteiger partial charge in [-0.3, -0.25) is 19.2 Å². The van der Waals surface area contributed by atoms with E-state index < -0.39 is 29.0 Å². The number of amides is 4. The van der Waals surface area contributed by atoms with Crippen molar-refractivity contribution in [1.29, 1.82) is 0 Å². The summed E-state index contributed by atoms with van der Waals surface area (Å²) in [6, 6.07) is 33.9. The van der Waals surface area contributed by atoms with Crippen LogP contribution in [0.4, 0.5) is 11.4 Å². The van der Waals surface area contributed by atoms with Gasteiger partial charge in [0, 0.05) is 15.5 Å². The molecule has 0 aliphatic carbocycles. The van der Waals surface area contributed by atoms with Crippen molar-refractivity contribution in [3.63, 3.8) is 0 Å². The van der Waals surface area contributed by atoms with E-state index in [9.17, 15) is 19.2 Å². The fourth-order valence-electron chi connectivity index (χ4n) is 6.65. The molecule has 0 saturated carbocycles. The Bertz CT molecular complexity index is 2430. The number of nitrogens with zero attached hydrogens (tertiary/aromatic N) is 2. The molecule has 0 radical (unpaired) electrons. The highest BCUT2D eigenvalue weighted by Gasteiger charge is 2.39. The number of carbonyl (C=O) groups excluding carboxylic acids is 4. The number of ether oxygens (including phenoxy) is 2. The van der Waals surface area contributed by atoms with Crippen LogP contribution >= 0.6 is 46.4 Å². The first kappa shape index (κ1) is 36.3. The number of rotatable bonds is 8. The van der Waals surface area contributed by atoms with Crippen LogP contribution in [0, 0.1) is 0 Å². The van der Waals surface area contributed by atoms with Crippen LogP contribution < -0.4 is 19.3 Å². The normalized spacial score (nSPS) is 13.7. The lowest BCUT2D eigenvalue weighted by molar-refractivity contribution is 0.0910. The number of halogens is 4. The largest absolute Gasteiger partial charge is 0.457 e. The molecule has 0 unspecified atom stereocenters. The standard InChI is InChI=1S/C43H26Cl4N2O6/c1-43(2,23-3-9-27(10-4-23)54-29-13-15-31-33(21-29)41(52)48(39(31)50)37-17-7-25(44)19-35(37)46)24-5-11-28(12-6-24)55-30-14-16-32-34(22-30)42(53)49(40(32)51)38-18-8-26(45)20-36(38)47/h3-22H,1-2H3. The number of imide groups is 2. The Morgan fingerprint density at radius 2 is 0.764 bits per heavy atom. The molecule has 0 fully saturated rings. The molecule has 0 N–H and O–H groups in total. The molecule has 12 heteroatoms. The van der Waals surface area contributed by atoms with Crippen molar-refractivity contribution in [2.45, 2.75) is 19.3 Å². The second-order valence-electron chi connectivity index (χ2n) is 13.4. The molecule has 0 aromatic heterocycles. The number of anilines is 2. The molecule has 6 aromatic carbocycles. The van der Waals surface area contributed by atoms with E-state index in [0.29, 0.717) is 33.0 Å². The first-order valence-electron chi connectivity index (χ1n) is 16.8. The van der Waals surface area contributed by atoms with Gasteiger partial charge in [-0.25, -0.2) is 9.80 Å². The van der Waals surface area contributed by atoms with Gasteiger partial charge in [0.2, 0.25) is 0 Å². The van der Waals surface area contributed by atoms with Crippen LogP contribution in [0.15, 0.2) is 121 Å². The minimum atomic E-state index is -0.505. The van der Waals surface area contributed by atoms with E-state index in [4.69, 9.17) is 55.9 Å². The third kappa shape index (κ3) is 6.51. The Morgan fingerprint density at radius 3 is 1.13 bits per heavy atom. The smallest absolute Gasteiger partial charge is 0.266 e. The molecule has 6 aromatic rings. The van der Waals surface area contributed by atoms with E-state index in [2.05, 4.69) is 13.8 Å². The maximum absolute atomic E-state index is 13.3. The zero-order valence-corrected chi connectivity index (χ0v) is 31.9. The molecule has 0 bridgehead atoms. The predicted octanol–water partition coefficient (Wildman–Crippen LogP) is 11.8. The molecule has 0 atom stereocenters. The highest BCUT2D eigenvalue weighted by Crippen LogP contribution is 2.40. The van der Waals surface area contributed by atoms with Crippen molar-refractivity contribution in [1.82, 2.24) is 0 Å². The zero-order chi connectivity index (χ0) is 38.8. The Balaban J connectivity index is 0.940. The lowest BCUT2D eigenvalue weighted by atomic mass is 9.78. The van der Waals surface area contributed by atoms with Crippen molar-refractivity contribution < 1.29 is 28.7 Å². The third-order valence-corrected chi connectivity index (χ3v) is 10.7. The summed E-state index contributed by atoms with van der Waals surface area (Å²) in [7, 11) is 0. The van der Waals surface area contributed by atoms with E-state index in [1.165, 1.54) is 24.3 Å². The van der Waals surface area contributed by atoms with Crippen LogP contribution in [0.3, 0.4) is 0 Å². The molecular weight excluding hydrogens is 782 g/mol. The van der Waals surface area contributed by atoms with Crippen molar-refractivity contribution in [2.75, 3.05) is 9.80 Å². The summed E-state index contributed by atoms with van der Waals surface area (Å²) >= 11 is 24.6. The minimum absolute atomic E-state index is 0.189. The molecule has 55 heavy (non-hydrogen) atoms. The first-order chi connectivity index (χ1) is 26.3. The second-order valence-corrected chi connectivity index (χ2v) is 15.1. The van der Waals surface area contributed by atoms with Crippen molar-refractivity contribution >= 4 is 81.4 Å². The van der Waals surface area contributed by atoms with Crippen LogP contribution in [0.5, 0.6) is 23.0 Å². The summed E-state index contributed by atoms with van der Waals surface area (Å²) in [4.78, 5) is 54.9. The van der Waals surface area contributed by atoms with Gasteiger partial charge in [0.15, 0.2) is 0 Å². The van der Waals surface area contributed by atoms with Gasteiger partial charge in [0.1, 0.15) is 23.0 Å². The number of fused-ring (bicyclic) bond motifs is 2. The number of hydrogen-bond donors (Lipinski definition) is 0. The SMILES string of the molecule is CC(C)(c1ccc(Oc2ccc3c(c2)C(=O)N(c2ccc(Cl)cc2Cl)C3=O)cc1)c1ccc(Oc2ccc3c(c2)C(=O)N(c2ccc(Cl)cc2Cl)C3=O)cc1. The van der Waals surface area contributed by atoms with Crippen LogP contribution in [-0.2, 0) is 5.41 Å². The summed E-state index contributed by atoms with van der Waals surface area (Å²) in [6.07, 6.45) is 0. The van der Waals surface area contributed by atoms with E-state index in [-0.39, 0.29) is 43.7 Å². The van der Waals surface area contributed by atoms with Crippen LogP contribution in [0.2, 0.25) is 20.1 Å². The van der Waals surface area contributed by atoms with Gasteiger partial charge in [-0.05, 0) is 108 Å². The number of carbonyl (C=O) groups is 4. The summed E-state index contributed by atoms with van der Waals surface area (Å²) in [5.74, 6) is -0.0781. The average Bonchev–Trinajstić information content (AvgIpc) is 3.55. The fraction of sp³-hybridized carbons (Fsp3) is 0.0698. The fourth-order valence-corrected chi connectivity index (χ4v) is 7.63. The van der Waals surface area contributed by atoms with Gasteiger partial charge < -0.3 is 9.47 Å². The Labute approximate surface area is 335 Å². The molecule has 8 nitrogen and oxygen atoms in total. The van der Waals surface area contributed by atoms with Crippen molar-refractivity contribution in [2.24, 2.45) is 0 Å². The number of benzene rings is 6. The first-order valence-corrected chi connectivity index (χ1v) is 18.3. The maximum Gasteiger partial charge on any atom is 0.266 e. The summed E-state index contributed by atoms with van der Waals surface area (Å²) < 4.78 is 12.2. The van der Waals surface area contributed by atoms with E-state index >= 15 is 0 Å². The van der Waals surface area contributed by atoms with Gasteiger partial charge in [-0.1, -0.05) is 84.5 Å². The predicted molar refractivity (Wildman–Crippen MR) is 213 cm³/mol. The molecule has 0 saturated heterocycles. The molecule has 2 heterocycles. The lowest BCUT2D eigenvalue weighted by Crippen LogP contribution is -2.29. The van der Waals surface area contributed by atoms with Crippen LogP contribution in [0.25, 0.3) is 0 Å². The van der Waals surface area contributed by atoms with Gasteiger partial charge >= 0.3 is 0 Å². The minimum Gasteiger partial charge on any atom is -0.457 e. The molecule has 4 amide bonds. The van der Waals surface area contributed by atoms with Crippen molar-refractivity contribution in [3.8, 4) is 23.0 Å². The third-order valence-electron chi connectivity index (χ3n) is 9.64. The summed E-state index contributed by atoms with van der Waals surface area (Å²) in [5.41, 5.74) is 3.07. The monoisotopic (exact) mass is 806 g/mol. The maximum atomic E-state index is 13.3. The topological polar surface area (TPSA) is 93.2 Å². The van der Waals surface area contributed by atoms with E-state index in [1.807, 2.05) is 48.5 Å². The van der Waals surface area contributed by atoms with Gasteiger partial charge in [-0.15, -0.1) is 0 Å². The molecule has 2 aliphatic rings. The summed E-state index contributed by atoms with van der Waals surface area (Å²) in [6.45, 7) is 4.20. The van der Waals surface area contributed by atoms with E-state index in [1.54, 1.807) is 48.5 Å². The Kier molecular flexibility index (Phi) is 9.18. The summed E-state index contributed by atoms with van der Waals surface area (Å²) in [5, 5.41) is 1.16. The average molecular weight is 809 g/mol. The van der Waals surface area contributed by atoms with Crippen LogP contribution in [0.1, 0.15) is 66.4 Å². The Morgan fingerprint density at radius 1 is 0.418 bits per heavy atom. The molecule has 272 valence electrons. The highest BCUT2D eigenvalue weighted by molar-refractivity contribution is 6.42.